The van der Waals surface area contributed by atoms with Crippen molar-refractivity contribution in [2.75, 3.05) is 32.8 Å². The summed E-state index contributed by atoms with van der Waals surface area (Å²) in [5, 5.41) is 5.35. The SMILES string of the molecule is Cc1ccc(CNC(=O)C(=O)NC[C@H](c2ccc(F)cc2)N2CCOCC2)cc1. The largest absolute Gasteiger partial charge is 0.379 e. The molecular formula is C22H26FN3O3. The molecule has 0 bridgehead atoms. The minimum atomic E-state index is -0.683. The Morgan fingerprint density at radius 2 is 1.62 bits per heavy atom. The monoisotopic (exact) mass is 399 g/mol. The Labute approximate surface area is 170 Å². The van der Waals surface area contributed by atoms with E-state index in [1.165, 1.54) is 12.1 Å². The highest BCUT2D eigenvalue weighted by Crippen LogP contribution is 2.21. The van der Waals surface area contributed by atoms with Crippen molar-refractivity contribution >= 4 is 11.8 Å². The molecule has 1 fully saturated rings. The lowest BCUT2D eigenvalue weighted by molar-refractivity contribution is -0.139. The molecule has 2 aromatic rings. The van der Waals surface area contributed by atoms with Crippen molar-refractivity contribution in [2.24, 2.45) is 0 Å². The van der Waals surface area contributed by atoms with Crippen molar-refractivity contribution in [2.45, 2.75) is 19.5 Å². The molecule has 1 aliphatic rings. The molecule has 0 radical (unpaired) electrons. The first-order valence-electron chi connectivity index (χ1n) is 9.72. The van der Waals surface area contributed by atoms with Gasteiger partial charge in [0.2, 0.25) is 0 Å². The van der Waals surface area contributed by atoms with E-state index in [1.807, 2.05) is 31.2 Å². The molecular weight excluding hydrogens is 373 g/mol. The van der Waals surface area contributed by atoms with E-state index >= 15 is 0 Å². The minimum absolute atomic E-state index is 0.159. The van der Waals surface area contributed by atoms with Gasteiger partial charge in [-0.1, -0.05) is 42.0 Å². The van der Waals surface area contributed by atoms with Crippen LogP contribution in [-0.2, 0) is 20.9 Å². The van der Waals surface area contributed by atoms with Gasteiger partial charge in [-0.05, 0) is 30.2 Å². The summed E-state index contributed by atoms with van der Waals surface area (Å²) in [6, 6.07) is 13.8. The minimum Gasteiger partial charge on any atom is -0.379 e. The maximum Gasteiger partial charge on any atom is 0.309 e. The maximum absolute atomic E-state index is 13.3. The van der Waals surface area contributed by atoms with Gasteiger partial charge in [-0.3, -0.25) is 14.5 Å². The van der Waals surface area contributed by atoms with Gasteiger partial charge in [-0.25, -0.2) is 4.39 Å². The summed E-state index contributed by atoms with van der Waals surface area (Å²) < 4.78 is 18.7. The molecule has 29 heavy (non-hydrogen) atoms. The number of ether oxygens (including phenoxy) is 1. The molecule has 1 saturated heterocycles. The third-order valence-electron chi connectivity index (χ3n) is 4.98. The number of morpholine rings is 1. The van der Waals surface area contributed by atoms with E-state index in [0.717, 1.165) is 16.7 Å². The lowest BCUT2D eigenvalue weighted by atomic mass is 10.0. The molecule has 0 saturated carbocycles. The number of amides is 2. The van der Waals surface area contributed by atoms with Crippen LogP contribution < -0.4 is 10.6 Å². The number of nitrogens with one attached hydrogen (secondary N) is 2. The third-order valence-corrected chi connectivity index (χ3v) is 4.98. The van der Waals surface area contributed by atoms with Gasteiger partial charge in [0.1, 0.15) is 5.82 Å². The first kappa shape index (κ1) is 21.0. The zero-order valence-corrected chi connectivity index (χ0v) is 16.5. The highest BCUT2D eigenvalue weighted by atomic mass is 19.1. The second-order valence-electron chi connectivity index (χ2n) is 7.09. The Bertz CT molecular complexity index is 818. The fraction of sp³-hybridized carbons (Fsp3) is 0.364. The van der Waals surface area contributed by atoms with Gasteiger partial charge in [0.15, 0.2) is 0 Å². The Morgan fingerprint density at radius 1 is 1.00 bits per heavy atom. The number of carbonyl (C=O) groups excluding carboxylic acids is 2. The van der Waals surface area contributed by atoms with E-state index in [4.69, 9.17) is 4.74 Å². The highest BCUT2D eigenvalue weighted by molar-refractivity contribution is 6.35. The Morgan fingerprint density at radius 3 is 2.28 bits per heavy atom. The third kappa shape index (κ3) is 6.10. The predicted octanol–water partition coefficient (Wildman–Crippen LogP) is 1.94. The lowest BCUT2D eigenvalue weighted by Crippen LogP contribution is -2.46. The van der Waals surface area contributed by atoms with E-state index in [-0.39, 0.29) is 24.9 Å². The van der Waals surface area contributed by atoms with Gasteiger partial charge < -0.3 is 15.4 Å². The molecule has 0 aromatic heterocycles. The first-order valence-corrected chi connectivity index (χ1v) is 9.72. The number of carbonyl (C=O) groups is 2. The molecule has 0 aliphatic carbocycles. The molecule has 0 spiro atoms. The van der Waals surface area contributed by atoms with Crippen molar-refractivity contribution in [1.29, 1.82) is 0 Å². The number of hydrogen-bond acceptors (Lipinski definition) is 4. The molecule has 6 nitrogen and oxygen atoms in total. The number of rotatable bonds is 6. The quantitative estimate of drug-likeness (QED) is 0.729. The number of benzene rings is 2. The molecule has 1 aliphatic heterocycles. The molecule has 7 heteroatoms. The van der Waals surface area contributed by atoms with Crippen molar-refractivity contribution in [3.8, 4) is 0 Å². The van der Waals surface area contributed by atoms with Crippen molar-refractivity contribution in [1.82, 2.24) is 15.5 Å². The zero-order valence-electron chi connectivity index (χ0n) is 16.5. The van der Waals surface area contributed by atoms with Gasteiger partial charge in [0.05, 0.1) is 19.3 Å². The molecule has 0 unspecified atom stereocenters. The van der Waals surface area contributed by atoms with Gasteiger partial charge in [0, 0.05) is 26.2 Å². The van der Waals surface area contributed by atoms with Crippen molar-refractivity contribution < 1.29 is 18.7 Å². The van der Waals surface area contributed by atoms with Crippen molar-refractivity contribution in [3.05, 3.63) is 71.0 Å². The summed E-state index contributed by atoms with van der Waals surface area (Å²) in [7, 11) is 0. The predicted molar refractivity (Wildman–Crippen MR) is 108 cm³/mol. The van der Waals surface area contributed by atoms with E-state index in [0.29, 0.717) is 26.3 Å². The van der Waals surface area contributed by atoms with E-state index in [9.17, 15) is 14.0 Å². The molecule has 1 heterocycles. The van der Waals surface area contributed by atoms with Crippen LogP contribution in [0.15, 0.2) is 48.5 Å². The van der Waals surface area contributed by atoms with Crippen molar-refractivity contribution in [3.63, 3.8) is 0 Å². The van der Waals surface area contributed by atoms with Crippen LogP contribution in [-0.4, -0.2) is 49.6 Å². The summed E-state index contributed by atoms with van der Waals surface area (Å²) in [4.78, 5) is 26.6. The summed E-state index contributed by atoms with van der Waals surface area (Å²) in [6.07, 6.45) is 0. The second-order valence-corrected chi connectivity index (χ2v) is 7.09. The molecule has 2 amide bonds. The zero-order chi connectivity index (χ0) is 20.6. The van der Waals surface area contributed by atoms with Crippen LogP contribution in [0.5, 0.6) is 0 Å². The highest BCUT2D eigenvalue weighted by Gasteiger charge is 2.24. The van der Waals surface area contributed by atoms with Crippen LogP contribution in [0.25, 0.3) is 0 Å². The normalized spacial score (nSPS) is 15.5. The van der Waals surface area contributed by atoms with Gasteiger partial charge >= 0.3 is 11.8 Å². The smallest absolute Gasteiger partial charge is 0.309 e. The number of hydrogen-bond donors (Lipinski definition) is 2. The lowest BCUT2D eigenvalue weighted by Gasteiger charge is -2.34. The van der Waals surface area contributed by atoms with E-state index in [1.54, 1.807) is 12.1 Å². The standard InChI is InChI=1S/C22H26FN3O3/c1-16-2-4-17(5-3-16)14-24-21(27)22(28)25-15-20(26-10-12-29-13-11-26)18-6-8-19(23)9-7-18/h2-9,20H,10-15H2,1H3,(H,24,27)(H,25,28)/t20-/m1/s1. The summed E-state index contributed by atoms with van der Waals surface area (Å²) in [6.45, 7) is 5.14. The average molecular weight is 399 g/mol. The first-order chi connectivity index (χ1) is 14.0. The van der Waals surface area contributed by atoms with Gasteiger partial charge in [0.25, 0.3) is 0 Å². The number of nitrogens with zero attached hydrogens (tertiary/aromatic N) is 1. The van der Waals surface area contributed by atoms with Crippen LogP contribution in [0.4, 0.5) is 4.39 Å². The van der Waals surface area contributed by atoms with Crippen LogP contribution in [0.3, 0.4) is 0 Å². The second kappa shape index (κ2) is 10.1. The van der Waals surface area contributed by atoms with Crippen LogP contribution in [0.1, 0.15) is 22.7 Å². The number of halogens is 1. The summed E-state index contributed by atoms with van der Waals surface area (Å²) >= 11 is 0. The molecule has 2 aromatic carbocycles. The number of aryl methyl sites for hydroxylation is 1. The van der Waals surface area contributed by atoms with Crippen LogP contribution in [0, 0.1) is 12.7 Å². The molecule has 2 N–H and O–H groups in total. The van der Waals surface area contributed by atoms with E-state index < -0.39 is 11.8 Å². The molecule has 154 valence electrons. The summed E-state index contributed by atoms with van der Waals surface area (Å²) in [5.74, 6) is -1.67. The fourth-order valence-corrected chi connectivity index (χ4v) is 3.27. The van der Waals surface area contributed by atoms with Crippen LogP contribution in [0.2, 0.25) is 0 Å². The molecule has 1 atom stereocenters. The van der Waals surface area contributed by atoms with Crippen LogP contribution >= 0.6 is 0 Å². The topological polar surface area (TPSA) is 70.7 Å². The van der Waals surface area contributed by atoms with Gasteiger partial charge in [-0.2, -0.15) is 0 Å². The maximum atomic E-state index is 13.3. The Hall–Kier alpha value is -2.77. The Kier molecular flexibility index (Phi) is 7.32. The Balaban J connectivity index is 1.57. The van der Waals surface area contributed by atoms with Gasteiger partial charge in [-0.15, -0.1) is 0 Å². The fourth-order valence-electron chi connectivity index (χ4n) is 3.27. The summed E-state index contributed by atoms with van der Waals surface area (Å²) in [5.41, 5.74) is 2.94. The average Bonchev–Trinajstić information content (AvgIpc) is 2.75. The molecule has 3 rings (SSSR count). The van der Waals surface area contributed by atoms with E-state index in [2.05, 4.69) is 15.5 Å².